The average molecular weight is 314 g/mol. The Morgan fingerprint density at radius 3 is 2.50 bits per heavy atom. The van der Waals surface area contributed by atoms with Gasteiger partial charge in [-0.15, -0.1) is 0 Å². The fourth-order valence-corrected chi connectivity index (χ4v) is 2.85. The van der Waals surface area contributed by atoms with Crippen molar-refractivity contribution in [1.29, 1.82) is 0 Å². The Balaban J connectivity index is 2.54. The Hall–Kier alpha value is -1.01. The third kappa shape index (κ3) is 5.54. The number of nitrogens with zero attached hydrogens (tertiary/aromatic N) is 1. The van der Waals surface area contributed by atoms with E-state index < -0.39 is 10.8 Å². The maximum atomic E-state index is 12.0. The zero-order chi connectivity index (χ0) is 15.1. The zero-order valence-corrected chi connectivity index (χ0v) is 14.0. The molecule has 0 radical (unpaired) electrons. The van der Waals surface area contributed by atoms with Gasteiger partial charge < -0.3 is 10.2 Å². The van der Waals surface area contributed by atoms with Gasteiger partial charge in [0.2, 0.25) is 0 Å². The smallest absolute Gasteiger partial charge is 0.317 e. The monoisotopic (exact) mass is 314 g/mol. The highest BCUT2D eigenvalue weighted by atomic mass is 32.2. The second-order valence-corrected chi connectivity index (χ2v) is 7.05. The van der Waals surface area contributed by atoms with Crippen LogP contribution in [0.2, 0.25) is 0 Å². The molecule has 2 amide bonds. The van der Waals surface area contributed by atoms with Gasteiger partial charge in [0.05, 0.1) is 0 Å². The van der Waals surface area contributed by atoms with Crippen LogP contribution < -0.4 is 5.32 Å². The molecular formula is C14H22N2O2S2. The Kier molecular flexibility index (Phi) is 7.09. The van der Waals surface area contributed by atoms with E-state index in [0.29, 0.717) is 6.54 Å². The first-order valence-electron chi connectivity index (χ1n) is 6.37. The molecule has 0 saturated heterocycles. The van der Waals surface area contributed by atoms with E-state index in [0.717, 1.165) is 16.2 Å². The normalized spacial score (nSPS) is 13.6. The van der Waals surface area contributed by atoms with E-state index in [4.69, 9.17) is 0 Å². The average Bonchev–Trinajstić information content (AvgIpc) is 2.39. The number of nitrogens with one attached hydrogen (secondary N) is 1. The minimum Gasteiger partial charge on any atom is -0.335 e. The van der Waals surface area contributed by atoms with Gasteiger partial charge in [0, 0.05) is 47.3 Å². The molecule has 1 aromatic rings. The van der Waals surface area contributed by atoms with E-state index in [1.54, 1.807) is 30.0 Å². The summed E-state index contributed by atoms with van der Waals surface area (Å²) in [5.74, 6) is 0.899. The molecule has 1 rings (SSSR count). The summed E-state index contributed by atoms with van der Waals surface area (Å²) < 4.78 is 11.3. The van der Waals surface area contributed by atoms with E-state index >= 15 is 0 Å². The summed E-state index contributed by atoms with van der Waals surface area (Å²) in [6.07, 6.45) is 3.67. The minimum absolute atomic E-state index is 0.0744. The molecule has 0 aromatic heterocycles. The van der Waals surface area contributed by atoms with Crippen LogP contribution in [0.1, 0.15) is 12.5 Å². The van der Waals surface area contributed by atoms with E-state index in [1.165, 1.54) is 0 Å². The lowest BCUT2D eigenvalue weighted by Gasteiger charge is -2.21. The Bertz CT molecular complexity index is 463. The molecular weight excluding hydrogens is 292 g/mol. The standard InChI is InChI=1S/C14H22N2O2S2/c1-11(10-19-3)15-14(17)16(2)9-12-5-7-13(8-6-12)20(4)18/h5-8,11H,9-10H2,1-4H3,(H,15,17)/t11-,20-/m0/s1. The molecule has 1 N–H and O–H groups in total. The molecule has 4 nitrogen and oxygen atoms in total. The first-order valence-corrected chi connectivity index (χ1v) is 9.32. The number of carbonyl (C=O) groups excluding carboxylic acids is 1. The number of hydrogen-bond acceptors (Lipinski definition) is 3. The largest absolute Gasteiger partial charge is 0.335 e. The molecule has 0 fully saturated rings. The minimum atomic E-state index is -0.964. The molecule has 0 aliphatic carbocycles. The lowest BCUT2D eigenvalue weighted by atomic mass is 10.2. The second-order valence-electron chi connectivity index (χ2n) is 4.76. The number of rotatable bonds is 6. The molecule has 2 atom stereocenters. The van der Waals surface area contributed by atoms with Gasteiger partial charge in [-0.3, -0.25) is 4.21 Å². The van der Waals surface area contributed by atoms with Gasteiger partial charge in [-0.1, -0.05) is 12.1 Å². The van der Waals surface area contributed by atoms with Crippen LogP contribution in [0.3, 0.4) is 0 Å². The predicted molar refractivity (Wildman–Crippen MR) is 86.6 cm³/mol. The molecule has 0 bridgehead atoms. The van der Waals surface area contributed by atoms with E-state index in [-0.39, 0.29) is 12.1 Å². The molecule has 112 valence electrons. The van der Waals surface area contributed by atoms with Crippen LogP contribution in [0.4, 0.5) is 4.79 Å². The van der Waals surface area contributed by atoms with Crippen molar-refractivity contribution >= 4 is 28.6 Å². The van der Waals surface area contributed by atoms with Crippen molar-refractivity contribution in [2.45, 2.75) is 24.4 Å². The van der Waals surface area contributed by atoms with Crippen molar-refractivity contribution in [2.24, 2.45) is 0 Å². The van der Waals surface area contributed by atoms with Crippen LogP contribution >= 0.6 is 11.8 Å². The zero-order valence-electron chi connectivity index (χ0n) is 12.4. The summed E-state index contributed by atoms with van der Waals surface area (Å²) in [5.41, 5.74) is 1.02. The first kappa shape index (κ1) is 17.0. The topological polar surface area (TPSA) is 49.4 Å². The number of benzene rings is 1. The van der Waals surface area contributed by atoms with Crippen LogP contribution in [0, 0.1) is 0 Å². The van der Waals surface area contributed by atoms with E-state index in [9.17, 15) is 9.00 Å². The van der Waals surface area contributed by atoms with Crippen LogP contribution in [0.5, 0.6) is 0 Å². The number of carbonyl (C=O) groups is 1. The lowest BCUT2D eigenvalue weighted by Crippen LogP contribution is -2.42. The van der Waals surface area contributed by atoms with Gasteiger partial charge in [0.25, 0.3) is 0 Å². The predicted octanol–water partition coefficient (Wildman–Crippen LogP) is 2.32. The summed E-state index contributed by atoms with van der Waals surface area (Å²) >= 11 is 1.71. The van der Waals surface area contributed by atoms with Crippen molar-refractivity contribution in [3.05, 3.63) is 29.8 Å². The molecule has 0 aliphatic rings. The third-order valence-corrected chi connectivity index (χ3v) is 4.58. The summed E-state index contributed by atoms with van der Waals surface area (Å²) in [7, 11) is 0.807. The molecule has 0 aliphatic heterocycles. The highest BCUT2D eigenvalue weighted by Crippen LogP contribution is 2.09. The quantitative estimate of drug-likeness (QED) is 0.876. The fourth-order valence-electron chi connectivity index (χ4n) is 1.74. The molecule has 0 unspecified atom stereocenters. The molecule has 6 heteroatoms. The Morgan fingerprint density at radius 1 is 1.40 bits per heavy atom. The number of thioether (sulfide) groups is 1. The molecule has 1 aromatic carbocycles. The second kappa shape index (κ2) is 8.32. The summed E-state index contributed by atoms with van der Waals surface area (Å²) in [6.45, 7) is 2.53. The maximum absolute atomic E-state index is 12.0. The van der Waals surface area contributed by atoms with Crippen molar-refractivity contribution in [2.75, 3.05) is 25.3 Å². The van der Waals surface area contributed by atoms with E-state index in [2.05, 4.69) is 5.32 Å². The number of urea groups is 1. The molecule has 20 heavy (non-hydrogen) atoms. The van der Waals surface area contributed by atoms with E-state index in [1.807, 2.05) is 37.4 Å². The van der Waals surface area contributed by atoms with Crippen LogP contribution in [-0.2, 0) is 17.3 Å². The molecule has 0 spiro atoms. The summed E-state index contributed by atoms with van der Waals surface area (Å²) in [4.78, 5) is 14.4. The summed E-state index contributed by atoms with van der Waals surface area (Å²) in [5, 5.41) is 2.95. The summed E-state index contributed by atoms with van der Waals surface area (Å²) in [6, 6.07) is 7.58. The van der Waals surface area contributed by atoms with Gasteiger partial charge in [-0.2, -0.15) is 11.8 Å². The van der Waals surface area contributed by atoms with Gasteiger partial charge in [0.15, 0.2) is 0 Å². The molecule has 0 saturated carbocycles. The first-order chi connectivity index (χ1) is 9.43. The fraction of sp³-hybridized carbons (Fsp3) is 0.500. The van der Waals surface area contributed by atoms with Crippen LogP contribution in [-0.4, -0.2) is 46.5 Å². The highest BCUT2D eigenvalue weighted by molar-refractivity contribution is 7.98. The van der Waals surface area contributed by atoms with Crippen molar-refractivity contribution in [3.63, 3.8) is 0 Å². The maximum Gasteiger partial charge on any atom is 0.317 e. The van der Waals surface area contributed by atoms with Crippen molar-refractivity contribution in [3.8, 4) is 0 Å². The van der Waals surface area contributed by atoms with Crippen molar-refractivity contribution < 1.29 is 9.00 Å². The SMILES string of the molecule is CSC[C@H](C)NC(=O)N(C)Cc1ccc([S@](C)=O)cc1. The Labute approximate surface area is 127 Å². The lowest BCUT2D eigenvalue weighted by molar-refractivity contribution is 0.204. The number of amides is 2. The Morgan fingerprint density at radius 2 is 2.00 bits per heavy atom. The highest BCUT2D eigenvalue weighted by Gasteiger charge is 2.12. The van der Waals surface area contributed by atoms with Crippen LogP contribution in [0.15, 0.2) is 29.2 Å². The van der Waals surface area contributed by atoms with Crippen LogP contribution in [0.25, 0.3) is 0 Å². The van der Waals surface area contributed by atoms with Crippen molar-refractivity contribution in [1.82, 2.24) is 10.2 Å². The number of hydrogen-bond donors (Lipinski definition) is 1. The van der Waals surface area contributed by atoms with Gasteiger partial charge in [-0.05, 0) is 30.9 Å². The third-order valence-electron chi connectivity index (χ3n) is 2.81. The molecule has 0 heterocycles. The van der Waals surface area contributed by atoms with Gasteiger partial charge >= 0.3 is 6.03 Å². The van der Waals surface area contributed by atoms with Gasteiger partial charge in [-0.25, -0.2) is 4.79 Å². The van der Waals surface area contributed by atoms with Gasteiger partial charge in [0.1, 0.15) is 0 Å².